The highest BCUT2D eigenvalue weighted by Crippen LogP contribution is 2.34. The van der Waals surface area contributed by atoms with E-state index >= 15 is 0 Å². The van der Waals surface area contributed by atoms with Crippen molar-refractivity contribution in [2.75, 3.05) is 0 Å². The Morgan fingerprint density at radius 2 is 1.74 bits per heavy atom. The average molecular weight is 262 g/mol. The zero-order valence-electron chi connectivity index (χ0n) is 11.0. The maximum atomic E-state index is 9.43. The third-order valence-electron chi connectivity index (χ3n) is 2.86. The zero-order chi connectivity index (χ0) is 14.4. The molecule has 0 radical (unpaired) electrons. The van der Waals surface area contributed by atoms with Crippen LogP contribution in [0, 0.1) is 5.92 Å². The molecular formula is C15H18O4. The molecule has 0 saturated carbocycles. The number of hydrogen-bond donors (Lipinski definition) is 2. The van der Waals surface area contributed by atoms with Gasteiger partial charge in [-0.2, -0.15) is 0 Å². The minimum Gasteiger partial charge on any atom is -0.481 e. The molecule has 0 heterocycles. The van der Waals surface area contributed by atoms with Crippen molar-refractivity contribution in [3.63, 3.8) is 0 Å². The highest BCUT2D eigenvalue weighted by atomic mass is 16.4. The van der Waals surface area contributed by atoms with Gasteiger partial charge < -0.3 is 10.2 Å². The molecule has 1 unspecified atom stereocenters. The first-order chi connectivity index (χ1) is 8.91. The molecule has 1 aromatic rings. The molecule has 4 nitrogen and oxygen atoms in total. The summed E-state index contributed by atoms with van der Waals surface area (Å²) in [5.41, 5.74) is 2.89. The molecular weight excluding hydrogens is 244 g/mol. The fourth-order valence-electron chi connectivity index (χ4n) is 1.99. The quantitative estimate of drug-likeness (QED) is 0.821. The second-order valence-electron chi connectivity index (χ2n) is 4.72. The van der Waals surface area contributed by atoms with Crippen LogP contribution in [-0.4, -0.2) is 22.2 Å². The van der Waals surface area contributed by atoms with Crippen LogP contribution < -0.4 is 0 Å². The number of hydrogen-bond acceptors (Lipinski definition) is 2. The molecule has 0 amide bonds. The van der Waals surface area contributed by atoms with E-state index in [4.69, 9.17) is 10.2 Å². The van der Waals surface area contributed by atoms with Gasteiger partial charge in [-0.1, -0.05) is 50.3 Å². The van der Waals surface area contributed by atoms with Gasteiger partial charge in [0.1, 0.15) is 6.42 Å². The van der Waals surface area contributed by atoms with Gasteiger partial charge in [-0.3, -0.25) is 9.59 Å². The molecule has 19 heavy (non-hydrogen) atoms. The predicted octanol–water partition coefficient (Wildman–Crippen LogP) is 3.00. The van der Waals surface area contributed by atoms with E-state index in [1.54, 1.807) is 0 Å². The van der Waals surface area contributed by atoms with Crippen molar-refractivity contribution in [2.45, 2.75) is 26.2 Å². The van der Waals surface area contributed by atoms with E-state index in [1.165, 1.54) is 11.1 Å². The van der Waals surface area contributed by atoms with Gasteiger partial charge in [0, 0.05) is 5.92 Å². The number of fused-ring (bicyclic) bond motifs is 1. The molecule has 0 spiro atoms. The Labute approximate surface area is 112 Å². The summed E-state index contributed by atoms with van der Waals surface area (Å²) in [4.78, 5) is 18.9. The lowest BCUT2D eigenvalue weighted by Crippen LogP contribution is -2.03. The van der Waals surface area contributed by atoms with Crippen LogP contribution in [0.25, 0.3) is 6.08 Å². The van der Waals surface area contributed by atoms with E-state index < -0.39 is 18.4 Å². The van der Waals surface area contributed by atoms with Crippen LogP contribution in [0.1, 0.15) is 37.3 Å². The number of carbonyl (C=O) groups is 2. The molecule has 2 rings (SSSR count). The molecule has 1 atom stereocenters. The third kappa shape index (κ3) is 4.58. The van der Waals surface area contributed by atoms with E-state index in [1.807, 2.05) is 0 Å². The summed E-state index contributed by atoms with van der Waals surface area (Å²) in [5.74, 6) is -1.27. The van der Waals surface area contributed by atoms with E-state index in [2.05, 4.69) is 50.3 Å². The Hall–Kier alpha value is -2.10. The maximum Gasteiger partial charge on any atom is 0.314 e. The zero-order valence-corrected chi connectivity index (χ0v) is 11.0. The third-order valence-corrected chi connectivity index (χ3v) is 2.86. The lowest BCUT2D eigenvalue weighted by atomic mass is 9.90. The lowest BCUT2D eigenvalue weighted by molar-refractivity contribution is -0.147. The first-order valence-corrected chi connectivity index (χ1v) is 6.12. The van der Waals surface area contributed by atoms with Gasteiger partial charge in [-0.15, -0.1) is 0 Å². The molecule has 1 aliphatic carbocycles. The molecule has 2 N–H and O–H groups in total. The normalized spacial score (nSPS) is 15.6. The van der Waals surface area contributed by atoms with Gasteiger partial charge in [0.15, 0.2) is 0 Å². The molecule has 0 aromatic heterocycles. The molecule has 102 valence electrons. The van der Waals surface area contributed by atoms with Crippen LogP contribution in [0.4, 0.5) is 0 Å². The fourth-order valence-corrected chi connectivity index (χ4v) is 1.99. The Morgan fingerprint density at radius 3 is 2.21 bits per heavy atom. The second-order valence-corrected chi connectivity index (χ2v) is 4.72. The summed E-state index contributed by atoms with van der Waals surface area (Å²) < 4.78 is 0. The van der Waals surface area contributed by atoms with E-state index in [0.717, 1.165) is 0 Å². The average Bonchev–Trinajstić information content (AvgIpc) is 2.71. The molecule has 4 heteroatoms. The summed E-state index contributed by atoms with van der Waals surface area (Å²) in [6.07, 6.45) is 3.75. The molecule has 0 bridgehead atoms. The highest BCUT2D eigenvalue weighted by Gasteiger charge is 2.18. The summed E-state index contributed by atoms with van der Waals surface area (Å²) >= 11 is 0. The monoisotopic (exact) mass is 262 g/mol. The van der Waals surface area contributed by atoms with Crippen LogP contribution in [-0.2, 0) is 9.59 Å². The number of allylic oxidation sites excluding steroid dienone is 1. The van der Waals surface area contributed by atoms with Gasteiger partial charge in [-0.05, 0) is 17.0 Å². The number of carboxylic acid groups (broad SMARTS) is 2. The standard InChI is InChI=1S/C12H14.C3H4O4/c1-9(2)11-8-7-10-5-3-4-6-12(10)11;4-2(5)1-3(6)7/h3-9,11H,1-2H3;1H2,(H,4,5)(H,6,7). The van der Waals surface area contributed by atoms with Crippen molar-refractivity contribution >= 4 is 18.0 Å². The van der Waals surface area contributed by atoms with Crippen LogP contribution >= 0.6 is 0 Å². The van der Waals surface area contributed by atoms with Crippen molar-refractivity contribution in [2.24, 2.45) is 5.92 Å². The van der Waals surface area contributed by atoms with Gasteiger partial charge >= 0.3 is 11.9 Å². The largest absolute Gasteiger partial charge is 0.481 e. The first kappa shape index (κ1) is 15.0. The van der Waals surface area contributed by atoms with Crippen LogP contribution in [0.3, 0.4) is 0 Å². The van der Waals surface area contributed by atoms with Crippen molar-refractivity contribution < 1.29 is 19.8 Å². The van der Waals surface area contributed by atoms with E-state index in [-0.39, 0.29) is 0 Å². The summed E-state index contributed by atoms with van der Waals surface area (Å²) in [5, 5.41) is 15.4. The summed E-state index contributed by atoms with van der Waals surface area (Å²) in [6, 6.07) is 8.65. The fraction of sp³-hybridized carbons (Fsp3) is 0.333. The predicted molar refractivity (Wildman–Crippen MR) is 72.9 cm³/mol. The SMILES string of the molecule is CC(C)C1C=Cc2ccccc21.O=C(O)CC(=O)O. The molecule has 0 saturated heterocycles. The minimum absolute atomic E-state index is 0.640. The number of aliphatic carboxylic acids is 2. The molecule has 1 aromatic carbocycles. The van der Waals surface area contributed by atoms with Gasteiger partial charge in [0.05, 0.1) is 0 Å². The summed E-state index contributed by atoms with van der Waals surface area (Å²) in [6.45, 7) is 4.55. The van der Waals surface area contributed by atoms with Crippen LogP contribution in [0.2, 0.25) is 0 Å². The first-order valence-electron chi connectivity index (χ1n) is 6.12. The molecule has 0 fully saturated rings. The lowest BCUT2D eigenvalue weighted by Gasteiger charge is -2.14. The van der Waals surface area contributed by atoms with Crippen molar-refractivity contribution in [3.8, 4) is 0 Å². The van der Waals surface area contributed by atoms with Gasteiger partial charge in [0.2, 0.25) is 0 Å². The van der Waals surface area contributed by atoms with Crippen molar-refractivity contribution in [1.82, 2.24) is 0 Å². The Kier molecular flexibility index (Phi) is 5.30. The van der Waals surface area contributed by atoms with E-state index in [0.29, 0.717) is 11.8 Å². The Bertz CT molecular complexity index is 477. The Balaban J connectivity index is 0.000000224. The number of rotatable bonds is 3. The summed E-state index contributed by atoms with van der Waals surface area (Å²) in [7, 11) is 0. The maximum absolute atomic E-state index is 9.43. The van der Waals surface area contributed by atoms with Gasteiger partial charge in [-0.25, -0.2) is 0 Å². The van der Waals surface area contributed by atoms with E-state index in [9.17, 15) is 9.59 Å². The smallest absolute Gasteiger partial charge is 0.314 e. The molecule has 0 aliphatic heterocycles. The van der Waals surface area contributed by atoms with Gasteiger partial charge in [0.25, 0.3) is 0 Å². The topological polar surface area (TPSA) is 74.6 Å². The Morgan fingerprint density at radius 1 is 1.16 bits per heavy atom. The van der Waals surface area contributed by atoms with Crippen molar-refractivity contribution in [1.29, 1.82) is 0 Å². The second kappa shape index (κ2) is 6.73. The highest BCUT2D eigenvalue weighted by molar-refractivity contribution is 5.88. The number of benzene rings is 1. The number of carboxylic acids is 2. The molecule has 1 aliphatic rings. The van der Waals surface area contributed by atoms with Crippen LogP contribution in [0.5, 0.6) is 0 Å². The van der Waals surface area contributed by atoms with Crippen LogP contribution in [0.15, 0.2) is 30.3 Å². The van der Waals surface area contributed by atoms with Crippen molar-refractivity contribution in [3.05, 3.63) is 41.5 Å². The minimum atomic E-state index is -1.31.